The van der Waals surface area contributed by atoms with E-state index in [0.29, 0.717) is 19.1 Å². The first-order chi connectivity index (χ1) is 8.08. The molecule has 1 aromatic rings. The molecule has 96 valence electrons. The summed E-state index contributed by atoms with van der Waals surface area (Å²) in [4.78, 5) is 2.18. The minimum Gasteiger partial charge on any atom is -0.387 e. The number of hydrogen-bond acceptors (Lipinski definition) is 3. The van der Waals surface area contributed by atoms with Crippen LogP contribution < -0.4 is 5.73 Å². The fourth-order valence-corrected chi connectivity index (χ4v) is 1.75. The minimum atomic E-state index is -0.430. The highest BCUT2D eigenvalue weighted by atomic mass is 16.3. The highest BCUT2D eigenvalue weighted by Gasteiger charge is 2.13. The van der Waals surface area contributed by atoms with Crippen LogP contribution in [0.25, 0.3) is 0 Å². The van der Waals surface area contributed by atoms with Crippen LogP contribution in [0.4, 0.5) is 0 Å². The van der Waals surface area contributed by atoms with E-state index in [1.54, 1.807) is 0 Å². The number of nitrogens with zero attached hydrogens (tertiary/aromatic N) is 1. The lowest BCUT2D eigenvalue weighted by Crippen LogP contribution is -2.32. The molecule has 2 atom stereocenters. The third-order valence-corrected chi connectivity index (χ3v) is 3.40. The molecule has 0 fully saturated rings. The molecule has 0 saturated carbocycles. The van der Waals surface area contributed by atoms with Crippen LogP contribution in [0.3, 0.4) is 0 Å². The van der Waals surface area contributed by atoms with E-state index in [1.165, 1.54) is 0 Å². The average molecular weight is 236 g/mol. The van der Waals surface area contributed by atoms with Crippen LogP contribution in [0, 0.1) is 0 Å². The Labute approximate surface area is 104 Å². The SMILES string of the molecule is CCC(C)N(C)CC(O)c1ccc(CN)cc1. The molecule has 0 amide bonds. The molecule has 0 saturated heterocycles. The normalized spacial score (nSPS) is 14.9. The van der Waals surface area contributed by atoms with Gasteiger partial charge in [-0.2, -0.15) is 0 Å². The smallest absolute Gasteiger partial charge is 0.0916 e. The zero-order chi connectivity index (χ0) is 12.8. The third kappa shape index (κ3) is 4.11. The van der Waals surface area contributed by atoms with Gasteiger partial charge in [-0.15, -0.1) is 0 Å². The Morgan fingerprint density at radius 1 is 1.29 bits per heavy atom. The first kappa shape index (κ1) is 14.2. The topological polar surface area (TPSA) is 49.5 Å². The highest BCUT2D eigenvalue weighted by molar-refractivity contribution is 5.24. The van der Waals surface area contributed by atoms with Crippen molar-refractivity contribution < 1.29 is 5.11 Å². The molecule has 3 N–H and O–H groups in total. The van der Waals surface area contributed by atoms with Crippen molar-refractivity contribution in [2.45, 2.75) is 39.0 Å². The fourth-order valence-electron chi connectivity index (χ4n) is 1.75. The number of benzene rings is 1. The number of hydrogen-bond donors (Lipinski definition) is 2. The maximum Gasteiger partial charge on any atom is 0.0916 e. The van der Waals surface area contributed by atoms with Gasteiger partial charge in [-0.05, 0) is 31.5 Å². The second-order valence-electron chi connectivity index (χ2n) is 4.66. The van der Waals surface area contributed by atoms with Crippen molar-refractivity contribution in [1.29, 1.82) is 0 Å². The van der Waals surface area contributed by atoms with E-state index in [2.05, 4.69) is 18.7 Å². The van der Waals surface area contributed by atoms with Gasteiger partial charge in [0.1, 0.15) is 0 Å². The van der Waals surface area contributed by atoms with Crippen LogP contribution in [0.2, 0.25) is 0 Å². The van der Waals surface area contributed by atoms with E-state index in [1.807, 2.05) is 31.3 Å². The Morgan fingerprint density at radius 2 is 1.88 bits per heavy atom. The van der Waals surface area contributed by atoms with Crippen LogP contribution in [0.1, 0.15) is 37.5 Å². The van der Waals surface area contributed by atoms with Crippen molar-refractivity contribution >= 4 is 0 Å². The van der Waals surface area contributed by atoms with E-state index >= 15 is 0 Å². The van der Waals surface area contributed by atoms with Crippen molar-refractivity contribution in [3.8, 4) is 0 Å². The van der Waals surface area contributed by atoms with Crippen LogP contribution in [0.5, 0.6) is 0 Å². The molecule has 0 aromatic heterocycles. The quantitative estimate of drug-likeness (QED) is 0.793. The molecule has 1 aromatic carbocycles. The van der Waals surface area contributed by atoms with E-state index in [0.717, 1.165) is 17.5 Å². The molecular weight excluding hydrogens is 212 g/mol. The molecule has 3 nitrogen and oxygen atoms in total. The van der Waals surface area contributed by atoms with Gasteiger partial charge in [0.2, 0.25) is 0 Å². The Kier molecular flexibility index (Phi) is 5.62. The summed E-state index contributed by atoms with van der Waals surface area (Å²) in [5.74, 6) is 0. The third-order valence-electron chi connectivity index (χ3n) is 3.40. The van der Waals surface area contributed by atoms with E-state index < -0.39 is 6.10 Å². The first-order valence-electron chi connectivity index (χ1n) is 6.25. The first-order valence-corrected chi connectivity index (χ1v) is 6.25. The maximum absolute atomic E-state index is 10.1. The number of likely N-dealkylation sites (N-methyl/N-ethyl adjacent to an activating group) is 1. The summed E-state index contributed by atoms with van der Waals surface area (Å²) >= 11 is 0. The molecule has 0 bridgehead atoms. The van der Waals surface area contributed by atoms with Gasteiger partial charge in [-0.3, -0.25) is 0 Å². The van der Waals surface area contributed by atoms with Gasteiger partial charge >= 0.3 is 0 Å². The second kappa shape index (κ2) is 6.74. The van der Waals surface area contributed by atoms with Crippen molar-refractivity contribution in [3.05, 3.63) is 35.4 Å². The molecule has 0 heterocycles. The summed E-state index contributed by atoms with van der Waals surface area (Å²) in [6, 6.07) is 8.35. The molecule has 0 aliphatic heterocycles. The van der Waals surface area contributed by atoms with E-state index in [4.69, 9.17) is 5.73 Å². The number of rotatable bonds is 6. The monoisotopic (exact) mass is 236 g/mol. The molecule has 2 unspecified atom stereocenters. The van der Waals surface area contributed by atoms with Gasteiger partial charge in [0, 0.05) is 19.1 Å². The summed E-state index contributed by atoms with van der Waals surface area (Å²) < 4.78 is 0. The predicted molar refractivity (Wildman–Crippen MR) is 71.7 cm³/mol. The van der Waals surface area contributed by atoms with Crippen LogP contribution in [-0.4, -0.2) is 29.6 Å². The van der Waals surface area contributed by atoms with Gasteiger partial charge in [-0.1, -0.05) is 31.2 Å². The van der Waals surface area contributed by atoms with Crippen molar-refractivity contribution in [1.82, 2.24) is 4.90 Å². The lowest BCUT2D eigenvalue weighted by atomic mass is 10.1. The van der Waals surface area contributed by atoms with Crippen LogP contribution >= 0.6 is 0 Å². The van der Waals surface area contributed by atoms with Crippen LogP contribution in [0.15, 0.2) is 24.3 Å². The number of aliphatic hydroxyl groups is 1. The van der Waals surface area contributed by atoms with Gasteiger partial charge < -0.3 is 15.7 Å². The molecular formula is C14H24N2O. The van der Waals surface area contributed by atoms with Crippen molar-refractivity contribution in [2.24, 2.45) is 5.73 Å². The zero-order valence-electron chi connectivity index (χ0n) is 11.1. The van der Waals surface area contributed by atoms with Crippen molar-refractivity contribution in [2.75, 3.05) is 13.6 Å². The van der Waals surface area contributed by atoms with Gasteiger partial charge in [0.05, 0.1) is 6.10 Å². The average Bonchev–Trinajstić information content (AvgIpc) is 2.37. The fraction of sp³-hybridized carbons (Fsp3) is 0.571. The van der Waals surface area contributed by atoms with Crippen LogP contribution in [-0.2, 0) is 6.54 Å². The lowest BCUT2D eigenvalue weighted by molar-refractivity contribution is 0.107. The van der Waals surface area contributed by atoms with Crippen molar-refractivity contribution in [3.63, 3.8) is 0 Å². The Morgan fingerprint density at radius 3 is 2.35 bits per heavy atom. The minimum absolute atomic E-state index is 0.430. The molecule has 17 heavy (non-hydrogen) atoms. The standard InChI is InChI=1S/C14H24N2O/c1-4-11(2)16(3)10-14(17)13-7-5-12(9-15)6-8-13/h5-8,11,14,17H,4,9-10,15H2,1-3H3. The van der Waals surface area contributed by atoms with E-state index in [9.17, 15) is 5.11 Å². The maximum atomic E-state index is 10.1. The molecule has 0 aliphatic rings. The largest absolute Gasteiger partial charge is 0.387 e. The highest BCUT2D eigenvalue weighted by Crippen LogP contribution is 2.16. The Balaban J connectivity index is 2.59. The van der Waals surface area contributed by atoms with Gasteiger partial charge in [-0.25, -0.2) is 0 Å². The molecule has 0 aliphatic carbocycles. The summed E-state index contributed by atoms with van der Waals surface area (Å²) in [6.07, 6.45) is 0.663. The molecule has 3 heteroatoms. The predicted octanol–water partition coefficient (Wildman–Crippen LogP) is 1.91. The summed E-state index contributed by atoms with van der Waals surface area (Å²) in [6.45, 7) is 5.54. The molecule has 1 rings (SSSR count). The Bertz CT molecular complexity index is 323. The number of nitrogens with two attached hydrogens (primary N) is 1. The van der Waals surface area contributed by atoms with Gasteiger partial charge in [0.15, 0.2) is 0 Å². The summed E-state index contributed by atoms with van der Waals surface area (Å²) in [5.41, 5.74) is 7.59. The number of aliphatic hydroxyl groups excluding tert-OH is 1. The molecule has 0 spiro atoms. The zero-order valence-corrected chi connectivity index (χ0v) is 11.1. The Hall–Kier alpha value is -0.900. The summed E-state index contributed by atoms with van der Waals surface area (Å²) in [5, 5.41) is 10.1. The summed E-state index contributed by atoms with van der Waals surface area (Å²) in [7, 11) is 2.05. The lowest BCUT2D eigenvalue weighted by Gasteiger charge is -2.26. The van der Waals surface area contributed by atoms with Gasteiger partial charge in [0.25, 0.3) is 0 Å². The molecule has 0 radical (unpaired) electrons. The second-order valence-corrected chi connectivity index (χ2v) is 4.66. The van der Waals surface area contributed by atoms with E-state index in [-0.39, 0.29) is 0 Å².